The van der Waals surface area contributed by atoms with E-state index >= 15 is 0 Å². The molecule has 2 aromatic rings. The summed E-state index contributed by atoms with van der Waals surface area (Å²) in [6, 6.07) is 11.8. The van der Waals surface area contributed by atoms with Crippen molar-refractivity contribution in [2.75, 3.05) is 64.0 Å². The molecule has 0 saturated carbocycles. The Morgan fingerprint density at radius 1 is 1.07 bits per heavy atom. The number of pyridine rings is 1. The Hall–Kier alpha value is -3.51. The minimum absolute atomic E-state index is 0.0644. The van der Waals surface area contributed by atoms with E-state index in [1.807, 2.05) is 36.4 Å². The maximum absolute atomic E-state index is 13.6. The molecular formula is C28H38N5O8P. The van der Waals surface area contributed by atoms with Crippen LogP contribution < -0.4 is 10.2 Å². The zero-order valence-electron chi connectivity index (χ0n) is 23.8. The number of hydrogen-bond donors (Lipinski definition) is 3. The normalized spacial score (nSPS) is 18.1. The van der Waals surface area contributed by atoms with Crippen LogP contribution in [0.15, 0.2) is 42.5 Å². The number of benzene rings is 1. The summed E-state index contributed by atoms with van der Waals surface area (Å²) in [6.45, 7) is 4.21. The van der Waals surface area contributed by atoms with Gasteiger partial charge < -0.3 is 39.3 Å². The SMILES string of the molecule is CCOC(=O)N1CCN(C(=O)C(CCP(=O)(O)O)NC(=O)c2cc(N3CCC(OC)C3)cc(-c3ccccc3)n2)CC1. The molecule has 2 aliphatic heterocycles. The topological polar surface area (TPSA) is 162 Å². The van der Waals surface area contributed by atoms with Crippen molar-refractivity contribution in [3.8, 4) is 11.3 Å². The summed E-state index contributed by atoms with van der Waals surface area (Å²) in [7, 11) is -2.78. The van der Waals surface area contributed by atoms with E-state index in [1.165, 1.54) is 9.80 Å². The van der Waals surface area contributed by atoms with Crippen LogP contribution in [0.2, 0.25) is 0 Å². The van der Waals surface area contributed by atoms with Gasteiger partial charge in [-0.15, -0.1) is 0 Å². The zero-order chi connectivity index (χ0) is 30.3. The highest BCUT2D eigenvalue weighted by Gasteiger charge is 2.32. The molecule has 1 aromatic heterocycles. The van der Waals surface area contributed by atoms with Crippen LogP contribution >= 0.6 is 7.60 Å². The maximum atomic E-state index is 13.6. The fourth-order valence-corrected chi connectivity index (χ4v) is 5.65. The lowest BCUT2D eigenvalue weighted by atomic mass is 10.1. The Labute approximate surface area is 244 Å². The first-order valence-electron chi connectivity index (χ1n) is 14.0. The fraction of sp³-hybridized carbons (Fsp3) is 0.500. The van der Waals surface area contributed by atoms with Crippen LogP contribution in [0, 0.1) is 0 Å². The molecule has 2 fully saturated rings. The van der Waals surface area contributed by atoms with E-state index in [-0.39, 0.29) is 51.0 Å². The van der Waals surface area contributed by atoms with E-state index in [0.29, 0.717) is 12.2 Å². The van der Waals surface area contributed by atoms with Gasteiger partial charge >= 0.3 is 13.7 Å². The minimum Gasteiger partial charge on any atom is -0.450 e. The molecule has 228 valence electrons. The average molecular weight is 604 g/mol. The number of ether oxygens (including phenoxy) is 2. The number of methoxy groups -OCH3 is 1. The molecule has 42 heavy (non-hydrogen) atoms. The summed E-state index contributed by atoms with van der Waals surface area (Å²) in [4.78, 5) is 67.8. The second kappa shape index (κ2) is 14.1. The molecule has 2 saturated heterocycles. The van der Waals surface area contributed by atoms with Crippen LogP contribution in [0.25, 0.3) is 11.3 Å². The highest BCUT2D eigenvalue weighted by molar-refractivity contribution is 7.51. The third kappa shape index (κ3) is 8.28. The Kier molecular flexibility index (Phi) is 10.6. The van der Waals surface area contributed by atoms with Crippen LogP contribution in [0.4, 0.5) is 10.5 Å². The number of carbonyl (C=O) groups excluding carboxylic acids is 3. The zero-order valence-corrected chi connectivity index (χ0v) is 24.7. The lowest BCUT2D eigenvalue weighted by molar-refractivity contribution is -0.134. The summed E-state index contributed by atoms with van der Waals surface area (Å²) >= 11 is 0. The van der Waals surface area contributed by atoms with Crippen molar-refractivity contribution >= 4 is 31.2 Å². The van der Waals surface area contributed by atoms with E-state index in [2.05, 4.69) is 15.2 Å². The molecule has 13 nitrogen and oxygen atoms in total. The van der Waals surface area contributed by atoms with Crippen LogP contribution in [-0.4, -0.2) is 114 Å². The first-order chi connectivity index (χ1) is 20.1. The molecule has 4 rings (SSSR count). The maximum Gasteiger partial charge on any atom is 0.409 e. The summed E-state index contributed by atoms with van der Waals surface area (Å²) in [5.74, 6) is -1.12. The minimum atomic E-state index is -4.45. The number of carbonyl (C=O) groups is 3. The van der Waals surface area contributed by atoms with E-state index in [0.717, 1.165) is 24.2 Å². The van der Waals surface area contributed by atoms with E-state index in [1.54, 1.807) is 20.1 Å². The number of amides is 3. The molecule has 0 spiro atoms. The second-order valence-electron chi connectivity index (χ2n) is 10.3. The lowest BCUT2D eigenvalue weighted by Gasteiger charge is -2.36. The van der Waals surface area contributed by atoms with Crippen LogP contribution in [0.3, 0.4) is 0 Å². The molecule has 3 amide bonds. The first kappa shape index (κ1) is 31.4. The number of piperazine rings is 1. The quantitative estimate of drug-likeness (QED) is 0.342. The summed E-state index contributed by atoms with van der Waals surface area (Å²) in [6.07, 6.45) is -0.412. The van der Waals surface area contributed by atoms with E-state index in [9.17, 15) is 28.7 Å². The van der Waals surface area contributed by atoms with E-state index < -0.39 is 37.7 Å². The standard InChI is InChI=1S/C28H38N5O8P/c1-3-41-28(36)32-14-12-31(13-15-32)27(35)23(10-16-42(37,38)39)30-26(34)25-18-21(33-11-9-22(19-33)40-2)17-24(29-25)20-7-5-4-6-8-20/h4-8,17-18,22-23H,3,9-16,19H2,1-2H3,(H,30,34)(H2,37,38,39). The molecule has 2 atom stereocenters. The van der Waals surface area contributed by atoms with Crippen molar-refractivity contribution in [2.45, 2.75) is 31.9 Å². The monoisotopic (exact) mass is 603 g/mol. The van der Waals surface area contributed by atoms with Crippen molar-refractivity contribution in [1.82, 2.24) is 20.1 Å². The number of rotatable bonds is 10. The van der Waals surface area contributed by atoms with Crippen molar-refractivity contribution in [1.29, 1.82) is 0 Å². The smallest absolute Gasteiger partial charge is 0.409 e. The van der Waals surface area contributed by atoms with Gasteiger partial charge in [-0.2, -0.15) is 0 Å². The van der Waals surface area contributed by atoms with Gasteiger partial charge in [-0.3, -0.25) is 14.2 Å². The van der Waals surface area contributed by atoms with Gasteiger partial charge in [0.15, 0.2) is 0 Å². The number of nitrogens with one attached hydrogen (secondary N) is 1. The molecule has 1 aromatic carbocycles. The molecule has 0 aliphatic carbocycles. The van der Waals surface area contributed by atoms with Gasteiger partial charge in [-0.05, 0) is 31.9 Å². The molecule has 2 aliphatic rings. The third-order valence-corrected chi connectivity index (χ3v) is 8.23. The van der Waals surface area contributed by atoms with E-state index in [4.69, 9.17) is 9.47 Å². The Morgan fingerprint density at radius 2 is 1.76 bits per heavy atom. The Balaban J connectivity index is 1.56. The highest BCUT2D eigenvalue weighted by atomic mass is 31.2. The molecule has 0 bridgehead atoms. The fourth-order valence-electron chi connectivity index (χ4n) is 5.06. The predicted octanol–water partition coefficient (Wildman–Crippen LogP) is 1.94. The number of aromatic nitrogens is 1. The van der Waals surface area contributed by atoms with Gasteiger partial charge in [0.2, 0.25) is 5.91 Å². The van der Waals surface area contributed by atoms with Crippen molar-refractivity contribution in [3.05, 3.63) is 48.2 Å². The molecule has 2 unspecified atom stereocenters. The van der Waals surface area contributed by atoms with Gasteiger partial charge in [0.25, 0.3) is 5.91 Å². The van der Waals surface area contributed by atoms with Crippen LogP contribution in [-0.2, 0) is 18.8 Å². The predicted molar refractivity (Wildman–Crippen MR) is 155 cm³/mol. The Morgan fingerprint density at radius 3 is 2.38 bits per heavy atom. The Bertz CT molecular complexity index is 1300. The number of nitrogens with zero attached hydrogens (tertiary/aromatic N) is 4. The molecular weight excluding hydrogens is 565 g/mol. The van der Waals surface area contributed by atoms with Crippen molar-refractivity contribution in [2.24, 2.45) is 0 Å². The van der Waals surface area contributed by atoms with Crippen molar-refractivity contribution < 1.29 is 38.2 Å². The third-order valence-electron chi connectivity index (χ3n) is 7.39. The molecule has 3 N–H and O–H groups in total. The van der Waals surface area contributed by atoms with Gasteiger partial charge in [-0.1, -0.05) is 30.3 Å². The summed E-state index contributed by atoms with van der Waals surface area (Å²) in [5.41, 5.74) is 2.24. The molecule has 0 radical (unpaired) electrons. The van der Waals surface area contributed by atoms with Gasteiger partial charge in [-0.25, -0.2) is 9.78 Å². The van der Waals surface area contributed by atoms with Crippen LogP contribution in [0.1, 0.15) is 30.3 Å². The molecule has 14 heteroatoms. The van der Waals surface area contributed by atoms with Gasteiger partial charge in [0, 0.05) is 57.6 Å². The largest absolute Gasteiger partial charge is 0.450 e. The van der Waals surface area contributed by atoms with Crippen molar-refractivity contribution in [3.63, 3.8) is 0 Å². The van der Waals surface area contributed by atoms with Crippen LogP contribution in [0.5, 0.6) is 0 Å². The lowest BCUT2D eigenvalue weighted by Crippen LogP contribution is -2.56. The first-order valence-corrected chi connectivity index (χ1v) is 15.8. The summed E-state index contributed by atoms with van der Waals surface area (Å²) < 4.78 is 22.2. The van der Waals surface area contributed by atoms with Gasteiger partial charge in [0.1, 0.15) is 11.7 Å². The van der Waals surface area contributed by atoms with Gasteiger partial charge in [0.05, 0.1) is 24.6 Å². The number of hydrogen-bond acceptors (Lipinski definition) is 8. The average Bonchev–Trinajstić information content (AvgIpc) is 3.48. The summed E-state index contributed by atoms with van der Waals surface area (Å²) in [5, 5.41) is 2.69. The second-order valence-corrected chi connectivity index (χ2v) is 12.0. The number of anilines is 1. The highest BCUT2D eigenvalue weighted by Crippen LogP contribution is 2.35. The molecule has 3 heterocycles.